The Bertz CT molecular complexity index is 1070. The van der Waals surface area contributed by atoms with E-state index in [4.69, 9.17) is 4.74 Å². The number of nitrogens with zero attached hydrogens (tertiary/aromatic N) is 2. The molecular formula is C31H42N2O4. The second-order valence-electron chi connectivity index (χ2n) is 12.0. The molecule has 2 amide bonds. The maximum absolute atomic E-state index is 13.2. The lowest BCUT2D eigenvalue weighted by Crippen LogP contribution is -2.46. The van der Waals surface area contributed by atoms with E-state index in [1.54, 1.807) is 0 Å². The third-order valence-electron chi connectivity index (χ3n) is 8.94. The van der Waals surface area contributed by atoms with Gasteiger partial charge < -0.3 is 14.7 Å². The predicted molar refractivity (Wildman–Crippen MR) is 146 cm³/mol. The van der Waals surface area contributed by atoms with Gasteiger partial charge in [0.1, 0.15) is 0 Å². The number of likely N-dealkylation sites (tertiary alicyclic amines) is 1. The standard InChI is InChI=1S/C31H42N2O4/c1-20(2)25-11-10-21(3)16-28(25)37-19-24(34)18-32-14-12-22(13-15-32)17-33-30(35)26-8-4-6-23-7-5-9-27(29(23)26)31(33)36/h4-9,20-22,24-25,28,34H,10-19H2,1-3H3/t21-,24-,25+,28-/m1/s1. The number of rotatable bonds is 8. The van der Waals surface area contributed by atoms with Crippen LogP contribution in [0.15, 0.2) is 36.4 Å². The predicted octanol–water partition coefficient (Wildman–Crippen LogP) is 4.99. The molecular weight excluding hydrogens is 464 g/mol. The quantitative estimate of drug-likeness (QED) is 0.511. The highest BCUT2D eigenvalue weighted by atomic mass is 16.5. The number of β-amino-alcohol motifs (C(OH)–C–C–N with tert-alkyl or cyclic N) is 1. The smallest absolute Gasteiger partial charge is 0.261 e. The molecule has 6 heteroatoms. The van der Waals surface area contributed by atoms with E-state index in [1.165, 1.54) is 17.7 Å². The number of amides is 2. The van der Waals surface area contributed by atoms with E-state index in [0.717, 1.165) is 43.1 Å². The molecule has 0 spiro atoms. The maximum Gasteiger partial charge on any atom is 0.261 e. The summed E-state index contributed by atoms with van der Waals surface area (Å²) in [7, 11) is 0. The molecule has 2 aromatic rings. The normalized spacial score (nSPS) is 26.3. The monoisotopic (exact) mass is 506 g/mol. The molecule has 1 saturated carbocycles. The molecule has 0 bridgehead atoms. The zero-order valence-corrected chi connectivity index (χ0v) is 22.6. The average molecular weight is 507 g/mol. The Labute approximate surface area is 221 Å². The SMILES string of the molecule is CC(C)[C@@H]1CC[C@@H](C)C[C@H]1OC[C@H](O)CN1CCC(CN2C(=O)c3cccc4cccc(c34)C2=O)CC1. The summed E-state index contributed by atoms with van der Waals surface area (Å²) in [4.78, 5) is 30.2. The van der Waals surface area contributed by atoms with Crippen molar-refractivity contribution in [2.45, 2.75) is 65.1 Å². The van der Waals surface area contributed by atoms with Crippen molar-refractivity contribution < 1.29 is 19.4 Å². The first-order valence-electron chi connectivity index (χ1n) is 14.2. The number of hydrogen-bond donors (Lipinski definition) is 1. The van der Waals surface area contributed by atoms with Crippen LogP contribution < -0.4 is 0 Å². The molecule has 37 heavy (non-hydrogen) atoms. The van der Waals surface area contributed by atoms with Gasteiger partial charge in [-0.1, -0.05) is 51.5 Å². The van der Waals surface area contributed by atoms with Crippen molar-refractivity contribution in [1.82, 2.24) is 9.80 Å². The second-order valence-corrected chi connectivity index (χ2v) is 12.0. The van der Waals surface area contributed by atoms with Crippen LogP contribution in [0.25, 0.3) is 10.8 Å². The molecule has 6 nitrogen and oxygen atoms in total. The lowest BCUT2D eigenvalue weighted by atomic mass is 9.75. The Morgan fingerprint density at radius 1 is 0.973 bits per heavy atom. The van der Waals surface area contributed by atoms with Crippen molar-refractivity contribution in [1.29, 1.82) is 0 Å². The van der Waals surface area contributed by atoms with Crippen LogP contribution in [0.1, 0.15) is 73.6 Å². The summed E-state index contributed by atoms with van der Waals surface area (Å²) in [6.07, 6.45) is 5.15. The zero-order chi connectivity index (χ0) is 26.1. The minimum Gasteiger partial charge on any atom is -0.389 e. The highest BCUT2D eigenvalue weighted by molar-refractivity contribution is 6.25. The van der Waals surface area contributed by atoms with E-state index in [9.17, 15) is 14.7 Å². The molecule has 4 atom stereocenters. The number of imide groups is 1. The van der Waals surface area contributed by atoms with E-state index in [1.807, 2.05) is 36.4 Å². The highest BCUT2D eigenvalue weighted by Gasteiger charge is 2.35. The lowest BCUT2D eigenvalue weighted by Gasteiger charge is -2.38. The molecule has 1 aliphatic carbocycles. The first-order valence-corrected chi connectivity index (χ1v) is 14.2. The Kier molecular flexibility index (Phi) is 7.99. The summed E-state index contributed by atoms with van der Waals surface area (Å²) in [5.41, 5.74) is 1.25. The fraction of sp³-hybridized carbons (Fsp3) is 0.613. The van der Waals surface area contributed by atoms with E-state index in [2.05, 4.69) is 25.7 Å². The van der Waals surface area contributed by atoms with E-state index in [0.29, 0.717) is 48.6 Å². The molecule has 2 heterocycles. The van der Waals surface area contributed by atoms with Gasteiger partial charge in [0.15, 0.2) is 0 Å². The number of piperidine rings is 1. The Balaban J connectivity index is 1.11. The first-order chi connectivity index (χ1) is 17.8. The molecule has 200 valence electrons. The molecule has 2 fully saturated rings. The number of aliphatic hydroxyl groups is 1. The van der Waals surface area contributed by atoms with Crippen LogP contribution in [0.3, 0.4) is 0 Å². The molecule has 2 aromatic carbocycles. The van der Waals surface area contributed by atoms with Gasteiger partial charge in [-0.3, -0.25) is 14.5 Å². The molecule has 1 N–H and O–H groups in total. The van der Waals surface area contributed by atoms with Crippen LogP contribution in [-0.2, 0) is 4.74 Å². The number of hydrogen-bond acceptors (Lipinski definition) is 5. The molecule has 1 saturated heterocycles. The van der Waals surface area contributed by atoms with Crippen LogP contribution >= 0.6 is 0 Å². The van der Waals surface area contributed by atoms with Gasteiger partial charge in [0, 0.05) is 29.6 Å². The summed E-state index contributed by atoms with van der Waals surface area (Å²) in [5, 5.41) is 12.4. The molecule has 5 rings (SSSR count). The number of benzene rings is 2. The fourth-order valence-electron chi connectivity index (χ4n) is 6.75. The third kappa shape index (κ3) is 5.62. The Morgan fingerprint density at radius 2 is 1.62 bits per heavy atom. The van der Waals surface area contributed by atoms with Gasteiger partial charge in [-0.15, -0.1) is 0 Å². The van der Waals surface area contributed by atoms with Gasteiger partial charge >= 0.3 is 0 Å². The van der Waals surface area contributed by atoms with Gasteiger partial charge in [0.25, 0.3) is 11.8 Å². The topological polar surface area (TPSA) is 70.1 Å². The summed E-state index contributed by atoms with van der Waals surface area (Å²) >= 11 is 0. The van der Waals surface area contributed by atoms with Crippen LogP contribution in [0, 0.1) is 23.7 Å². The van der Waals surface area contributed by atoms with Crippen LogP contribution in [0.2, 0.25) is 0 Å². The molecule has 0 radical (unpaired) electrons. The van der Waals surface area contributed by atoms with Gasteiger partial charge in [0.2, 0.25) is 0 Å². The van der Waals surface area contributed by atoms with Crippen molar-refractivity contribution in [3.63, 3.8) is 0 Å². The molecule has 0 aromatic heterocycles. The van der Waals surface area contributed by atoms with Crippen molar-refractivity contribution in [3.8, 4) is 0 Å². The van der Waals surface area contributed by atoms with Crippen LogP contribution in [0.5, 0.6) is 0 Å². The van der Waals surface area contributed by atoms with Gasteiger partial charge in [0.05, 0.1) is 18.8 Å². The summed E-state index contributed by atoms with van der Waals surface area (Å²) in [5.74, 6) is 1.79. The number of carbonyl (C=O) groups excluding carboxylic acids is 2. The minimum atomic E-state index is -0.496. The van der Waals surface area contributed by atoms with Crippen molar-refractivity contribution in [2.24, 2.45) is 23.7 Å². The number of aliphatic hydroxyl groups excluding tert-OH is 1. The van der Waals surface area contributed by atoms with Crippen LogP contribution in [-0.4, -0.2) is 71.7 Å². The largest absolute Gasteiger partial charge is 0.389 e. The fourth-order valence-corrected chi connectivity index (χ4v) is 6.75. The summed E-state index contributed by atoms with van der Waals surface area (Å²) < 4.78 is 6.27. The summed E-state index contributed by atoms with van der Waals surface area (Å²) in [6.45, 7) is 10.0. The maximum atomic E-state index is 13.2. The van der Waals surface area contributed by atoms with Crippen molar-refractivity contribution >= 4 is 22.6 Å². The van der Waals surface area contributed by atoms with Crippen molar-refractivity contribution in [3.05, 3.63) is 47.5 Å². The van der Waals surface area contributed by atoms with Crippen LogP contribution in [0.4, 0.5) is 0 Å². The second kappa shape index (κ2) is 11.2. The van der Waals surface area contributed by atoms with Gasteiger partial charge in [-0.05, 0) is 80.0 Å². The Hall–Kier alpha value is -2.28. The minimum absolute atomic E-state index is 0.180. The molecule has 0 unspecified atom stereocenters. The third-order valence-corrected chi connectivity index (χ3v) is 8.94. The number of carbonyl (C=O) groups is 2. The van der Waals surface area contributed by atoms with Gasteiger partial charge in [-0.25, -0.2) is 0 Å². The molecule has 2 aliphatic heterocycles. The van der Waals surface area contributed by atoms with E-state index < -0.39 is 6.10 Å². The summed E-state index contributed by atoms with van der Waals surface area (Å²) in [6, 6.07) is 11.3. The highest BCUT2D eigenvalue weighted by Crippen LogP contribution is 2.35. The zero-order valence-electron chi connectivity index (χ0n) is 22.6. The Morgan fingerprint density at radius 3 is 2.24 bits per heavy atom. The van der Waals surface area contributed by atoms with E-state index in [-0.39, 0.29) is 23.8 Å². The van der Waals surface area contributed by atoms with Gasteiger partial charge in [-0.2, -0.15) is 0 Å². The molecule has 3 aliphatic rings. The average Bonchev–Trinajstić information content (AvgIpc) is 2.89. The van der Waals surface area contributed by atoms with E-state index >= 15 is 0 Å². The lowest BCUT2D eigenvalue weighted by molar-refractivity contribution is -0.0750. The van der Waals surface area contributed by atoms with Crippen molar-refractivity contribution in [2.75, 3.05) is 32.8 Å². The number of ether oxygens (including phenoxy) is 1. The first kappa shape index (κ1) is 26.3.